The fraction of sp³-hybridized carbons (Fsp3) is 0.250. The monoisotopic (exact) mass is 195 g/mol. The third-order valence-electron chi connectivity index (χ3n) is 1.69. The number of hydrogen-bond donors (Lipinski definition) is 1. The molecule has 0 amide bonds. The fourth-order valence-electron chi connectivity index (χ4n) is 1.05. The highest BCUT2D eigenvalue weighted by atomic mass is 32.1. The Morgan fingerprint density at radius 2 is 2.54 bits per heavy atom. The molecule has 2 aromatic heterocycles. The molecule has 1 N–H and O–H groups in total. The standard InChI is InChI=1S/C8H9N3OS/c1-6(7-3-2-4-12-7)10-8-5-9-11-13-8/h2-6,10H,1H3. The molecule has 0 saturated carbocycles. The summed E-state index contributed by atoms with van der Waals surface area (Å²) in [5, 5.41) is 7.90. The summed E-state index contributed by atoms with van der Waals surface area (Å²) in [5.74, 6) is 0.911. The van der Waals surface area contributed by atoms with Crippen LogP contribution in [0.15, 0.2) is 29.0 Å². The van der Waals surface area contributed by atoms with E-state index in [9.17, 15) is 0 Å². The molecule has 2 rings (SSSR count). The van der Waals surface area contributed by atoms with Crippen LogP contribution in [-0.2, 0) is 0 Å². The lowest BCUT2D eigenvalue weighted by Crippen LogP contribution is -2.03. The molecule has 2 heterocycles. The van der Waals surface area contributed by atoms with E-state index in [2.05, 4.69) is 14.9 Å². The van der Waals surface area contributed by atoms with Gasteiger partial charge in [-0.3, -0.25) is 0 Å². The van der Waals surface area contributed by atoms with Crippen LogP contribution in [-0.4, -0.2) is 9.59 Å². The lowest BCUT2D eigenvalue weighted by molar-refractivity contribution is 0.491. The van der Waals surface area contributed by atoms with E-state index in [0.29, 0.717) is 0 Å². The van der Waals surface area contributed by atoms with Gasteiger partial charge in [0.25, 0.3) is 0 Å². The zero-order valence-electron chi connectivity index (χ0n) is 7.10. The second-order valence-electron chi connectivity index (χ2n) is 2.66. The third-order valence-corrected chi connectivity index (χ3v) is 2.29. The van der Waals surface area contributed by atoms with E-state index in [1.54, 1.807) is 12.5 Å². The van der Waals surface area contributed by atoms with Gasteiger partial charge in [-0.15, -0.1) is 5.10 Å². The Morgan fingerprint density at radius 3 is 3.15 bits per heavy atom. The molecule has 1 unspecified atom stereocenters. The maximum Gasteiger partial charge on any atom is 0.130 e. The van der Waals surface area contributed by atoms with E-state index in [0.717, 1.165) is 10.8 Å². The topological polar surface area (TPSA) is 51.0 Å². The highest BCUT2D eigenvalue weighted by Gasteiger charge is 2.08. The van der Waals surface area contributed by atoms with Crippen LogP contribution in [0.4, 0.5) is 5.00 Å². The maximum absolute atomic E-state index is 5.25. The normalized spacial score (nSPS) is 12.7. The Balaban J connectivity index is 2.04. The number of furan rings is 1. The van der Waals surface area contributed by atoms with Crippen LogP contribution in [0.5, 0.6) is 0 Å². The van der Waals surface area contributed by atoms with Gasteiger partial charge in [0.2, 0.25) is 0 Å². The maximum atomic E-state index is 5.25. The molecule has 0 aromatic carbocycles. The van der Waals surface area contributed by atoms with E-state index in [4.69, 9.17) is 4.42 Å². The van der Waals surface area contributed by atoms with Crippen LogP contribution in [0.3, 0.4) is 0 Å². The number of aromatic nitrogens is 2. The highest BCUT2D eigenvalue weighted by Crippen LogP contribution is 2.20. The van der Waals surface area contributed by atoms with E-state index in [-0.39, 0.29) is 6.04 Å². The van der Waals surface area contributed by atoms with Crippen LogP contribution in [0.1, 0.15) is 18.7 Å². The van der Waals surface area contributed by atoms with E-state index in [1.165, 1.54) is 11.5 Å². The van der Waals surface area contributed by atoms with E-state index in [1.807, 2.05) is 19.1 Å². The van der Waals surface area contributed by atoms with Crippen molar-refractivity contribution in [2.75, 3.05) is 5.32 Å². The molecule has 4 nitrogen and oxygen atoms in total. The number of rotatable bonds is 3. The SMILES string of the molecule is CC(Nc1cnns1)c1ccco1. The molecule has 0 spiro atoms. The van der Waals surface area contributed by atoms with Crippen molar-refractivity contribution in [2.24, 2.45) is 0 Å². The first kappa shape index (κ1) is 8.25. The Kier molecular flexibility index (Phi) is 2.27. The summed E-state index contributed by atoms with van der Waals surface area (Å²) in [6, 6.07) is 3.96. The summed E-state index contributed by atoms with van der Waals surface area (Å²) >= 11 is 1.33. The third kappa shape index (κ3) is 1.86. The van der Waals surface area contributed by atoms with Crippen molar-refractivity contribution in [3.05, 3.63) is 30.4 Å². The van der Waals surface area contributed by atoms with Gasteiger partial charge in [-0.05, 0) is 19.1 Å². The summed E-state index contributed by atoms with van der Waals surface area (Å²) in [6.07, 6.45) is 3.36. The fourth-order valence-corrected chi connectivity index (χ4v) is 1.56. The predicted molar refractivity (Wildman–Crippen MR) is 50.7 cm³/mol. The molecule has 5 heteroatoms. The van der Waals surface area contributed by atoms with Gasteiger partial charge in [-0.1, -0.05) is 4.49 Å². The molecule has 1 atom stereocenters. The van der Waals surface area contributed by atoms with Crippen LogP contribution in [0.2, 0.25) is 0 Å². The van der Waals surface area contributed by atoms with Crippen molar-refractivity contribution in [2.45, 2.75) is 13.0 Å². The molecule has 0 radical (unpaired) electrons. The van der Waals surface area contributed by atoms with Gasteiger partial charge in [0, 0.05) is 11.5 Å². The first-order chi connectivity index (χ1) is 6.36. The minimum atomic E-state index is 0.150. The van der Waals surface area contributed by atoms with Crippen LogP contribution >= 0.6 is 11.5 Å². The first-order valence-electron chi connectivity index (χ1n) is 3.93. The van der Waals surface area contributed by atoms with E-state index < -0.39 is 0 Å². The quantitative estimate of drug-likeness (QED) is 0.816. The van der Waals surface area contributed by atoms with Crippen molar-refractivity contribution in [3.63, 3.8) is 0 Å². The average molecular weight is 195 g/mol. The molecule has 0 bridgehead atoms. The van der Waals surface area contributed by atoms with Crippen molar-refractivity contribution in [1.29, 1.82) is 0 Å². The highest BCUT2D eigenvalue weighted by molar-refractivity contribution is 7.09. The van der Waals surface area contributed by atoms with Crippen LogP contribution in [0.25, 0.3) is 0 Å². The molecule has 0 aliphatic rings. The van der Waals surface area contributed by atoms with Crippen molar-refractivity contribution in [1.82, 2.24) is 9.59 Å². The molecular weight excluding hydrogens is 186 g/mol. The molecule has 0 saturated heterocycles. The minimum Gasteiger partial charge on any atom is -0.467 e. The lowest BCUT2D eigenvalue weighted by atomic mass is 10.2. The molecule has 0 fully saturated rings. The Hall–Kier alpha value is -1.36. The minimum absolute atomic E-state index is 0.150. The average Bonchev–Trinajstić information content (AvgIpc) is 2.74. The van der Waals surface area contributed by atoms with Gasteiger partial charge in [-0.25, -0.2) is 0 Å². The number of hydrogen-bond acceptors (Lipinski definition) is 5. The first-order valence-corrected chi connectivity index (χ1v) is 4.71. The zero-order valence-corrected chi connectivity index (χ0v) is 7.91. The lowest BCUT2D eigenvalue weighted by Gasteiger charge is -2.08. The smallest absolute Gasteiger partial charge is 0.130 e. The summed E-state index contributed by atoms with van der Waals surface area (Å²) in [5.41, 5.74) is 0. The van der Waals surface area contributed by atoms with Gasteiger partial charge in [0.15, 0.2) is 0 Å². The van der Waals surface area contributed by atoms with E-state index >= 15 is 0 Å². The largest absolute Gasteiger partial charge is 0.467 e. The van der Waals surface area contributed by atoms with Crippen LogP contribution in [0, 0.1) is 0 Å². The van der Waals surface area contributed by atoms with Crippen molar-refractivity contribution >= 4 is 16.5 Å². The predicted octanol–water partition coefficient (Wildman–Crippen LogP) is 2.30. The van der Waals surface area contributed by atoms with Crippen molar-refractivity contribution < 1.29 is 4.42 Å². The summed E-state index contributed by atoms with van der Waals surface area (Å²) in [6.45, 7) is 2.03. The summed E-state index contributed by atoms with van der Waals surface area (Å²) in [7, 11) is 0. The van der Waals surface area contributed by atoms with Crippen molar-refractivity contribution in [3.8, 4) is 0 Å². The Morgan fingerprint density at radius 1 is 1.62 bits per heavy atom. The molecule has 2 aromatic rings. The number of nitrogens with one attached hydrogen (secondary N) is 1. The molecular formula is C8H9N3OS. The summed E-state index contributed by atoms with van der Waals surface area (Å²) in [4.78, 5) is 0. The molecule has 13 heavy (non-hydrogen) atoms. The number of anilines is 1. The molecule has 0 aliphatic heterocycles. The number of nitrogens with zero attached hydrogens (tertiary/aromatic N) is 2. The molecule has 0 aliphatic carbocycles. The summed E-state index contributed by atoms with van der Waals surface area (Å²) < 4.78 is 9.00. The Labute approximate surface area is 79.8 Å². The van der Waals surface area contributed by atoms with Gasteiger partial charge in [0.1, 0.15) is 10.8 Å². The molecule has 68 valence electrons. The zero-order chi connectivity index (χ0) is 9.10. The van der Waals surface area contributed by atoms with Gasteiger partial charge >= 0.3 is 0 Å². The Bertz CT molecular complexity index is 343. The van der Waals surface area contributed by atoms with Crippen LogP contribution < -0.4 is 5.32 Å². The second kappa shape index (κ2) is 3.57. The van der Waals surface area contributed by atoms with Gasteiger partial charge in [0.05, 0.1) is 18.5 Å². The van der Waals surface area contributed by atoms with Gasteiger partial charge < -0.3 is 9.73 Å². The second-order valence-corrected chi connectivity index (χ2v) is 3.45. The van der Waals surface area contributed by atoms with Gasteiger partial charge in [-0.2, -0.15) is 0 Å².